The van der Waals surface area contributed by atoms with Crippen molar-refractivity contribution in [1.82, 2.24) is 15.0 Å². The van der Waals surface area contributed by atoms with Gasteiger partial charge in [0, 0.05) is 38.2 Å². The van der Waals surface area contributed by atoms with Gasteiger partial charge in [-0.3, -0.25) is 0 Å². The third-order valence-corrected chi connectivity index (χ3v) is 10.8. The number of hydrogen-bond donors (Lipinski definition) is 0. The molecule has 0 saturated heterocycles. The third kappa shape index (κ3) is 4.67. The summed E-state index contributed by atoms with van der Waals surface area (Å²) in [5.41, 5.74) is 11.1. The highest BCUT2D eigenvalue weighted by atomic mass is 16.3. The van der Waals surface area contributed by atoms with Gasteiger partial charge in [-0.2, -0.15) is 0 Å². The molecule has 1 aliphatic rings. The van der Waals surface area contributed by atoms with Crippen LogP contribution >= 0.6 is 0 Å². The van der Waals surface area contributed by atoms with Crippen LogP contribution in [0.1, 0.15) is 36.2 Å². The quantitative estimate of drug-likeness (QED) is 0.185. The van der Waals surface area contributed by atoms with Gasteiger partial charge >= 0.3 is 0 Å². The first-order valence-corrected chi connectivity index (χ1v) is 18.1. The standard InChI is InChI=1S/C48H31N3O2/c1-28-23-26-35(34-16-8-15-32(43(28)34)33-17-9-21-41-44(33)36-13-4-6-19-39(36)52-41)47-49-46(31-25-24-29-11-2-3-12-30(29)27-31)50-48(51-47)38-18-10-22-42-45(38)37-14-5-7-20-40(37)53-42/h2-22,24-28H,23H2,1H3. The van der Waals surface area contributed by atoms with Crippen molar-refractivity contribution in [2.45, 2.75) is 19.3 Å². The Labute approximate surface area is 304 Å². The topological polar surface area (TPSA) is 65.0 Å². The first-order chi connectivity index (χ1) is 26.2. The average molecular weight is 682 g/mol. The van der Waals surface area contributed by atoms with Gasteiger partial charge in [-0.25, -0.2) is 15.0 Å². The van der Waals surface area contributed by atoms with Gasteiger partial charge in [-0.1, -0.05) is 128 Å². The molecule has 0 radical (unpaired) electrons. The second-order valence-corrected chi connectivity index (χ2v) is 13.9. The maximum Gasteiger partial charge on any atom is 0.164 e. The maximum atomic E-state index is 6.32. The maximum absolute atomic E-state index is 6.32. The van der Waals surface area contributed by atoms with Crippen molar-refractivity contribution in [1.29, 1.82) is 0 Å². The van der Waals surface area contributed by atoms with Crippen molar-refractivity contribution < 1.29 is 8.83 Å². The first kappa shape index (κ1) is 29.8. The Hall–Kier alpha value is -6.85. The van der Waals surface area contributed by atoms with Crippen LogP contribution < -0.4 is 0 Å². The van der Waals surface area contributed by atoms with E-state index in [0.29, 0.717) is 17.5 Å². The van der Waals surface area contributed by atoms with Gasteiger partial charge < -0.3 is 8.83 Å². The smallest absolute Gasteiger partial charge is 0.164 e. The predicted octanol–water partition coefficient (Wildman–Crippen LogP) is 12.8. The molecule has 0 aliphatic heterocycles. The summed E-state index contributed by atoms with van der Waals surface area (Å²) >= 11 is 0. The highest BCUT2D eigenvalue weighted by Crippen LogP contribution is 2.46. The molecule has 0 bridgehead atoms. The first-order valence-electron chi connectivity index (χ1n) is 18.1. The minimum absolute atomic E-state index is 0.283. The van der Waals surface area contributed by atoms with Crippen LogP contribution in [0, 0.1) is 0 Å². The number of rotatable bonds is 4. The van der Waals surface area contributed by atoms with Crippen molar-refractivity contribution >= 4 is 60.2 Å². The molecule has 0 N–H and O–H groups in total. The number of aromatic nitrogens is 3. The molecule has 5 heteroatoms. The minimum atomic E-state index is 0.283. The zero-order valence-corrected chi connectivity index (χ0v) is 28.9. The van der Waals surface area contributed by atoms with Crippen molar-refractivity contribution in [3.8, 4) is 33.9 Å². The summed E-state index contributed by atoms with van der Waals surface area (Å²) in [6.07, 6.45) is 3.16. The van der Waals surface area contributed by atoms with E-state index in [4.69, 9.17) is 23.8 Å². The van der Waals surface area contributed by atoms with E-state index in [2.05, 4.69) is 116 Å². The fourth-order valence-electron chi connectivity index (χ4n) is 8.33. The molecule has 7 aromatic carbocycles. The van der Waals surface area contributed by atoms with E-state index in [0.717, 1.165) is 77.9 Å². The van der Waals surface area contributed by atoms with E-state index in [1.807, 2.05) is 42.5 Å². The number of hydrogen-bond acceptors (Lipinski definition) is 5. The highest BCUT2D eigenvalue weighted by molar-refractivity contribution is 6.13. The molecule has 1 unspecified atom stereocenters. The molecule has 1 aliphatic carbocycles. The summed E-state index contributed by atoms with van der Waals surface area (Å²) < 4.78 is 12.6. The summed E-state index contributed by atoms with van der Waals surface area (Å²) in [5, 5.41) is 6.61. The van der Waals surface area contributed by atoms with Crippen molar-refractivity contribution in [3.05, 3.63) is 169 Å². The van der Waals surface area contributed by atoms with Gasteiger partial charge in [-0.15, -0.1) is 0 Å². The zero-order chi connectivity index (χ0) is 35.0. The summed E-state index contributed by atoms with van der Waals surface area (Å²) in [4.78, 5) is 15.8. The van der Waals surface area contributed by atoms with Gasteiger partial charge in [0.1, 0.15) is 22.3 Å². The van der Waals surface area contributed by atoms with E-state index in [-0.39, 0.29) is 5.92 Å². The second kappa shape index (κ2) is 11.6. The van der Waals surface area contributed by atoms with Gasteiger partial charge in [0.05, 0.1) is 0 Å². The molecule has 5 nitrogen and oxygen atoms in total. The third-order valence-electron chi connectivity index (χ3n) is 10.8. The van der Waals surface area contributed by atoms with E-state index in [9.17, 15) is 0 Å². The van der Waals surface area contributed by atoms with Crippen LogP contribution in [0.3, 0.4) is 0 Å². The second-order valence-electron chi connectivity index (χ2n) is 13.9. The minimum Gasteiger partial charge on any atom is -0.456 e. The molecular formula is C48H31N3O2. The molecular weight excluding hydrogens is 651 g/mol. The Balaban J connectivity index is 1.15. The van der Waals surface area contributed by atoms with Crippen LogP contribution in [0.15, 0.2) is 161 Å². The number of furan rings is 2. The van der Waals surface area contributed by atoms with Crippen LogP contribution in [0.4, 0.5) is 0 Å². The largest absolute Gasteiger partial charge is 0.456 e. The van der Waals surface area contributed by atoms with Crippen LogP contribution in [-0.4, -0.2) is 15.0 Å². The van der Waals surface area contributed by atoms with E-state index >= 15 is 0 Å². The van der Waals surface area contributed by atoms with Gasteiger partial charge in [0.25, 0.3) is 0 Å². The van der Waals surface area contributed by atoms with E-state index in [1.54, 1.807) is 0 Å². The number of benzene rings is 7. The number of fused-ring (bicyclic) bond motifs is 8. The lowest BCUT2D eigenvalue weighted by Crippen LogP contribution is -2.10. The summed E-state index contributed by atoms with van der Waals surface area (Å²) in [5.74, 6) is 2.18. The zero-order valence-electron chi connectivity index (χ0n) is 28.9. The Bertz CT molecular complexity index is 3130. The molecule has 53 heavy (non-hydrogen) atoms. The molecule has 11 rings (SSSR count). The lowest BCUT2D eigenvalue weighted by atomic mass is 9.79. The Kier molecular flexibility index (Phi) is 6.52. The average Bonchev–Trinajstić information content (AvgIpc) is 3.79. The van der Waals surface area contributed by atoms with Crippen molar-refractivity contribution in [3.63, 3.8) is 0 Å². The van der Waals surface area contributed by atoms with Gasteiger partial charge in [0.15, 0.2) is 17.5 Å². The Morgan fingerprint density at radius 2 is 1.04 bits per heavy atom. The molecule has 10 aromatic rings. The lowest BCUT2D eigenvalue weighted by Gasteiger charge is -2.26. The van der Waals surface area contributed by atoms with Crippen LogP contribution in [0.2, 0.25) is 0 Å². The van der Waals surface area contributed by atoms with Crippen LogP contribution in [-0.2, 0) is 0 Å². The number of nitrogens with zero attached hydrogens (tertiary/aromatic N) is 3. The monoisotopic (exact) mass is 681 g/mol. The molecule has 1 atom stereocenters. The Morgan fingerprint density at radius 1 is 0.472 bits per heavy atom. The SMILES string of the molecule is CC1CC=C(c2nc(-c3ccc4ccccc4c3)nc(-c3cccc4oc5ccccc5c34)n2)c2cccc(-c3cccc4oc5ccccc5c34)c21. The summed E-state index contributed by atoms with van der Waals surface area (Å²) in [6, 6.07) is 50.4. The molecule has 3 aromatic heterocycles. The number of para-hydroxylation sites is 2. The molecule has 0 saturated carbocycles. The molecule has 0 amide bonds. The van der Waals surface area contributed by atoms with Crippen LogP contribution in [0.5, 0.6) is 0 Å². The summed E-state index contributed by atoms with van der Waals surface area (Å²) in [7, 11) is 0. The van der Waals surface area contributed by atoms with E-state index in [1.165, 1.54) is 22.1 Å². The normalized spacial score (nSPS) is 14.4. The van der Waals surface area contributed by atoms with Gasteiger partial charge in [0.2, 0.25) is 0 Å². The molecule has 3 heterocycles. The van der Waals surface area contributed by atoms with Crippen molar-refractivity contribution in [2.24, 2.45) is 0 Å². The van der Waals surface area contributed by atoms with Gasteiger partial charge in [-0.05, 0) is 75.7 Å². The van der Waals surface area contributed by atoms with Crippen LogP contribution in [0.25, 0.3) is 94.1 Å². The predicted molar refractivity (Wildman–Crippen MR) is 215 cm³/mol. The van der Waals surface area contributed by atoms with E-state index < -0.39 is 0 Å². The summed E-state index contributed by atoms with van der Waals surface area (Å²) in [6.45, 7) is 2.31. The molecule has 250 valence electrons. The highest BCUT2D eigenvalue weighted by Gasteiger charge is 2.27. The fraction of sp³-hybridized carbons (Fsp3) is 0.0625. The lowest BCUT2D eigenvalue weighted by molar-refractivity contribution is 0.668. The Morgan fingerprint density at radius 3 is 1.81 bits per heavy atom. The molecule has 0 spiro atoms. The molecule has 0 fully saturated rings. The fourth-order valence-corrected chi connectivity index (χ4v) is 8.33. The van der Waals surface area contributed by atoms with Crippen molar-refractivity contribution in [2.75, 3.05) is 0 Å². The number of allylic oxidation sites excluding steroid dienone is 1.